The summed E-state index contributed by atoms with van der Waals surface area (Å²) in [5.41, 5.74) is -0.705. The van der Waals surface area contributed by atoms with Crippen LogP contribution in [0, 0.1) is 38.9 Å². The molecule has 0 unspecified atom stereocenters. The molecule has 0 fully saturated rings. The highest BCUT2D eigenvalue weighted by Gasteiger charge is 2.23. The predicted octanol–water partition coefficient (Wildman–Crippen LogP) is 10.9. The molecule has 0 aromatic carbocycles. The average Bonchev–Trinajstić information content (AvgIpc) is 2.76. The molecule has 0 aromatic heterocycles. The van der Waals surface area contributed by atoms with Crippen molar-refractivity contribution in [1.29, 1.82) is 0 Å². The predicted molar refractivity (Wildman–Crippen MR) is 187 cm³/mol. The monoisotopic (exact) mass is 613 g/mol. The zero-order chi connectivity index (χ0) is 36.4. The molecular weight excluding hydrogens is 536 g/mol. The first-order valence-electron chi connectivity index (χ1n) is 16.3. The van der Waals surface area contributed by atoms with Crippen molar-refractivity contribution in [2.24, 2.45) is 38.9 Å². The van der Waals surface area contributed by atoms with Gasteiger partial charge >= 0.3 is 0 Å². The van der Waals surface area contributed by atoms with Gasteiger partial charge in [-0.25, -0.2) is 0 Å². The van der Waals surface area contributed by atoms with Gasteiger partial charge in [0.1, 0.15) is 28.9 Å². The Bertz CT molecular complexity index is 809. The van der Waals surface area contributed by atoms with E-state index in [-0.39, 0.29) is 38.8 Å². The Morgan fingerprint density at radius 2 is 0.791 bits per heavy atom. The molecule has 0 saturated carbocycles. The summed E-state index contributed by atoms with van der Waals surface area (Å²) in [5.74, 6) is 2.30. The van der Waals surface area contributed by atoms with E-state index < -0.39 is 0 Å². The standard InChI is InChI=1S/C9H18O.2C8H16O.C7H14O.C6H12O/c1-7(2)6-8(10)9(3,4)5;1-6(2)7(9)8(3,4)5;1-5-6-7(9)8(2,3)4;1-5-6(8)7(2,3)4;1-5(7)6(2,3)4/h7H,6H2,1-5H3;6H,1-5H3;5-6H2,1-4H3;5H2,1-4H3;1-4H3. The lowest BCUT2D eigenvalue weighted by Crippen LogP contribution is -2.24. The van der Waals surface area contributed by atoms with E-state index in [9.17, 15) is 24.0 Å². The third kappa shape index (κ3) is 34.7. The smallest absolute Gasteiger partial charge is 0.140 e. The molecule has 0 amide bonds. The summed E-state index contributed by atoms with van der Waals surface area (Å²) in [4.78, 5) is 54.8. The van der Waals surface area contributed by atoms with Crippen LogP contribution in [0.15, 0.2) is 0 Å². The SMILES string of the molecule is CC(=O)C(C)(C)C.CC(C)C(=O)C(C)(C)C.CC(C)CC(=O)C(C)(C)C.CCC(=O)C(C)(C)C.CCCC(=O)C(C)(C)C. The molecule has 43 heavy (non-hydrogen) atoms. The first-order valence-corrected chi connectivity index (χ1v) is 16.3. The maximum atomic E-state index is 11.3. The summed E-state index contributed by atoms with van der Waals surface area (Å²) < 4.78 is 0. The Balaban J connectivity index is -0.000000141. The third-order valence-electron chi connectivity index (χ3n) is 6.22. The van der Waals surface area contributed by atoms with Gasteiger partial charge in [0.2, 0.25) is 0 Å². The molecule has 5 nitrogen and oxygen atoms in total. The van der Waals surface area contributed by atoms with Crippen LogP contribution in [0.4, 0.5) is 0 Å². The largest absolute Gasteiger partial charge is 0.299 e. The number of hydrogen-bond donors (Lipinski definition) is 0. The van der Waals surface area contributed by atoms with Crippen molar-refractivity contribution in [2.75, 3.05) is 0 Å². The molecule has 0 aliphatic heterocycles. The highest BCUT2D eigenvalue weighted by atomic mass is 16.1. The quantitative estimate of drug-likeness (QED) is 0.298. The first-order chi connectivity index (χ1) is 18.6. The maximum absolute atomic E-state index is 11.3. The number of carbonyl (C=O) groups excluding carboxylic acids is 5. The van der Waals surface area contributed by atoms with E-state index in [0.29, 0.717) is 41.9 Å². The second-order valence-electron chi connectivity index (χ2n) is 17.3. The molecule has 5 heteroatoms. The van der Waals surface area contributed by atoms with Gasteiger partial charge in [-0.3, -0.25) is 24.0 Å². The fraction of sp³-hybridized carbons (Fsp3) is 0.868. The van der Waals surface area contributed by atoms with Gasteiger partial charge < -0.3 is 0 Å². The van der Waals surface area contributed by atoms with Crippen LogP contribution >= 0.6 is 0 Å². The van der Waals surface area contributed by atoms with Crippen LogP contribution in [0.2, 0.25) is 0 Å². The zero-order valence-corrected chi connectivity index (χ0v) is 33.0. The fourth-order valence-corrected chi connectivity index (χ4v) is 2.68. The molecule has 0 rings (SSSR count). The molecule has 0 aliphatic carbocycles. The van der Waals surface area contributed by atoms with Crippen molar-refractivity contribution in [3.63, 3.8) is 0 Å². The number of Topliss-reactive ketones (excluding diaryl/α,β-unsaturated/α-hetero) is 5. The molecule has 0 aromatic rings. The minimum atomic E-state index is -0.159. The highest BCUT2D eigenvalue weighted by molar-refractivity contribution is 5.85. The summed E-state index contributed by atoms with van der Waals surface area (Å²) in [6.07, 6.45) is 3.06. The Morgan fingerprint density at radius 1 is 0.488 bits per heavy atom. The summed E-state index contributed by atoms with van der Waals surface area (Å²) >= 11 is 0. The molecule has 0 aliphatic rings. The molecule has 0 heterocycles. The summed E-state index contributed by atoms with van der Waals surface area (Å²) in [7, 11) is 0. The molecule has 0 radical (unpaired) electrons. The van der Waals surface area contributed by atoms with Crippen LogP contribution in [0.5, 0.6) is 0 Å². The van der Waals surface area contributed by atoms with Gasteiger partial charge in [-0.2, -0.15) is 0 Å². The molecule has 0 atom stereocenters. The zero-order valence-electron chi connectivity index (χ0n) is 33.0. The van der Waals surface area contributed by atoms with Gasteiger partial charge in [0.05, 0.1) is 0 Å². The van der Waals surface area contributed by atoms with Crippen molar-refractivity contribution < 1.29 is 24.0 Å². The van der Waals surface area contributed by atoms with Crippen LogP contribution in [-0.2, 0) is 24.0 Å². The van der Waals surface area contributed by atoms with Gasteiger partial charge in [0.25, 0.3) is 0 Å². The van der Waals surface area contributed by atoms with E-state index in [0.717, 1.165) is 12.8 Å². The van der Waals surface area contributed by atoms with Crippen LogP contribution in [0.25, 0.3) is 0 Å². The van der Waals surface area contributed by atoms with Crippen molar-refractivity contribution >= 4 is 28.9 Å². The summed E-state index contributed by atoms with van der Waals surface area (Å²) in [5, 5.41) is 0. The van der Waals surface area contributed by atoms with E-state index in [2.05, 4.69) is 13.8 Å². The van der Waals surface area contributed by atoms with Crippen molar-refractivity contribution in [3.8, 4) is 0 Å². The molecule has 0 bridgehead atoms. The topological polar surface area (TPSA) is 85.3 Å². The summed E-state index contributed by atoms with van der Waals surface area (Å²) in [6, 6.07) is 0. The van der Waals surface area contributed by atoms with Gasteiger partial charge in [0.15, 0.2) is 0 Å². The van der Waals surface area contributed by atoms with Gasteiger partial charge in [-0.05, 0) is 19.3 Å². The van der Waals surface area contributed by atoms with Crippen LogP contribution in [0.3, 0.4) is 0 Å². The Kier molecular flexibility index (Phi) is 26.0. The Hall–Kier alpha value is -1.65. The molecule has 0 spiro atoms. The molecule has 0 saturated heterocycles. The normalized spacial score (nSPS) is 11.8. The van der Waals surface area contributed by atoms with Crippen LogP contribution in [-0.4, -0.2) is 28.9 Å². The first kappa shape index (κ1) is 51.0. The fourth-order valence-electron chi connectivity index (χ4n) is 2.68. The van der Waals surface area contributed by atoms with Crippen LogP contribution < -0.4 is 0 Å². The molecule has 258 valence electrons. The third-order valence-corrected chi connectivity index (χ3v) is 6.22. The minimum absolute atomic E-state index is 0.129. The average molecular weight is 613 g/mol. The molecular formula is C38H76O5. The highest BCUT2D eigenvalue weighted by Crippen LogP contribution is 2.20. The Morgan fingerprint density at radius 3 is 0.837 bits per heavy atom. The number of carbonyl (C=O) groups is 5. The van der Waals surface area contributed by atoms with Gasteiger partial charge in [-0.1, -0.05) is 145 Å². The van der Waals surface area contributed by atoms with E-state index in [4.69, 9.17) is 0 Å². The van der Waals surface area contributed by atoms with Crippen molar-refractivity contribution in [2.45, 2.75) is 178 Å². The van der Waals surface area contributed by atoms with Crippen LogP contribution in [0.1, 0.15) is 178 Å². The lowest BCUT2D eigenvalue weighted by Gasteiger charge is -2.18. The van der Waals surface area contributed by atoms with E-state index >= 15 is 0 Å². The minimum Gasteiger partial charge on any atom is -0.299 e. The van der Waals surface area contributed by atoms with Gasteiger partial charge in [0, 0.05) is 52.3 Å². The van der Waals surface area contributed by atoms with E-state index in [1.54, 1.807) is 6.92 Å². The number of ketones is 5. The lowest BCUT2D eigenvalue weighted by atomic mass is 9.85. The number of hydrogen-bond acceptors (Lipinski definition) is 5. The van der Waals surface area contributed by atoms with Gasteiger partial charge in [-0.15, -0.1) is 0 Å². The Labute approximate surface area is 269 Å². The maximum Gasteiger partial charge on any atom is 0.140 e. The van der Waals surface area contributed by atoms with E-state index in [1.165, 1.54) is 0 Å². The second kappa shape index (κ2) is 22.0. The molecule has 0 N–H and O–H groups in total. The summed E-state index contributed by atoms with van der Waals surface area (Å²) in [6.45, 7) is 42.8. The number of rotatable bonds is 6. The second-order valence-corrected chi connectivity index (χ2v) is 17.3. The lowest BCUT2D eigenvalue weighted by molar-refractivity contribution is -0.129. The van der Waals surface area contributed by atoms with Crippen molar-refractivity contribution in [3.05, 3.63) is 0 Å². The van der Waals surface area contributed by atoms with E-state index in [1.807, 2.05) is 132 Å². The van der Waals surface area contributed by atoms with Crippen molar-refractivity contribution in [1.82, 2.24) is 0 Å².